The summed E-state index contributed by atoms with van der Waals surface area (Å²) in [4.78, 5) is 15.4. The van der Waals surface area contributed by atoms with Crippen molar-refractivity contribution in [2.24, 2.45) is 0 Å². The fourth-order valence-corrected chi connectivity index (χ4v) is 2.12. The van der Waals surface area contributed by atoms with Gasteiger partial charge in [-0.05, 0) is 42.7 Å². The third-order valence-corrected chi connectivity index (χ3v) is 3.21. The van der Waals surface area contributed by atoms with Gasteiger partial charge >= 0.3 is 5.97 Å². The molecular formula is C16H18N2O3. The zero-order valence-electron chi connectivity index (χ0n) is 12.1. The highest BCUT2D eigenvalue weighted by Gasteiger charge is 2.13. The first-order valence-corrected chi connectivity index (χ1v) is 6.67. The molecule has 2 rings (SSSR count). The van der Waals surface area contributed by atoms with E-state index in [-0.39, 0.29) is 5.56 Å². The minimum atomic E-state index is -0.968. The topological polar surface area (TPSA) is 71.5 Å². The summed E-state index contributed by atoms with van der Waals surface area (Å²) in [6, 6.07) is 9.48. The van der Waals surface area contributed by atoms with Gasteiger partial charge in [0.15, 0.2) is 0 Å². The van der Waals surface area contributed by atoms with Gasteiger partial charge in [0.1, 0.15) is 17.1 Å². The van der Waals surface area contributed by atoms with E-state index < -0.39 is 5.97 Å². The maximum Gasteiger partial charge on any atom is 0.339 e. The molecule has 0 spiro atoms. The fraction of sp³-hybridized carbons (Fsp3) is 0.250. The highest BCUT2D eigenvalue weighted by atomic mass is 16.5. The molecule has 110 valence electrons. The summed E-state index contributed by atoms with van der Waals surface area (Å²) in [5.74, 6) is 0.252. The maximum atomic E-state index is 11.3. The van der Waals surface area contributed by atoms with Crippen LogP contribution in [0.25, 0.3) is 0 Å². The van der Waals surface area contributed by atoms with Crippen molar-refractivity contribution in [2.45, 2.75) is 13.3 Å². The number of carboxylic acid groups (broad SMARTS) is 1. The van der Waals surface area contributed by atoms with Crippen LogP contribution in [0.2, 0.25) is 0 Å². The number of hydrogen-bond donors (Lipinski definition) is 2. The first kappa shape index (κ1) is 14.8. The predicted octanol–water partition coefficient (Wildman–Crippen LogP) is 2.75. The van der Waals surface area contributed by atoms with E-state index in [4.69, 9.17) is 4.74 Å². The summed E-state index contributed by atoms with van der Waals surface area (Å²) in [5.41, 5.74) is 2.04. The van der Waals surface area contributed by atoms with Crippen molar-refractivity contribution in [2.75, 3.05) is 19.0 Å². The number of rotatable bonds is 6. The lowest BCUT2D eigenvalue weighted by atomic mass is 10.1. The second-order valence-electron chi connectivity index (χ2n) is 4.68. The van der Waals surface area contributed by atoms with Gasteiger partial charge in [-0.15, -0.1) is 0 Å². The van der Waals surface area contributed by atoms with Crippen LogP contribution in [0.3, 0.4) is 0 Å². The fourth-order valence-electron chi connectivity index (χ4n) is 2.12. The van der Waals surface area contributed by atoms with Gasteiger partial charge in [0.05, 0.1) is 7.11 Å². The Bertz CT molecular complexity index is 641. The van der Waals surface area contributed by atoms with Crippen LogP contribution in [0.4, 0.5) is 5.82 Å². The first-order chi connectivity index (χ1) is 10.1. The number of carboxylic acids is 1. The Kier molecular flexibility index (Phi) is 4.77. The molecule has 0 aliphatic heterocycles. The molecule has 0 saturated heterocycles. The van der Waals surface area contributed by atoms with Crippen LogP contribution in [0, 0.1) is 6.92 Å². The Morgan fingerprint density at radius 3 is 2.90 bits per heavy atom. The summed E-state index contributed by atoms with van der Waals surface area (Å²) in [6.45, 7) is 2.36. The predicted molar refractivity (Wildman–Crippen MR) is 81.1 cm³/mol. The summed E-state index contributed by atoms with van der Waals surface area (Å²) >= 11 is 0. The quantitative estimate of drug-likeness (QED) is 0.854. The number of methoxy groups -OCH3 is 1. The zero-order valence-corrected chi connectivity index (χ0v) is 12.1. The normalized spacial score (nSPS) is 10.2. The van der Waals surface area contributed by atoms with Gasteiger partial charge in [-0.25, -0.2) is 9.78 Å². The number of ether oxygens (including phenoxy) is 1. The molecule has 0 fully saturated rings. The molecule has 0 atom stereocenters. The smallest absolute Gasteiger partial charge is 0.339 e. The van der Waals surface area contributed by atoms with Crippen LogP contribution in [-0.4, -0.2) is 29.7 Å². The average Bonchev–Trinajstić information content (AvgIpc) is 2.47. The van der Waals surface area contributed by atoms with Crippen LogP contribution in [0.15, 0.2) is 36.5 Å². The maximum absolute atomic E-state index is 11.3. The number of pyridine rings is 1. The van der Waals surface area contributed by atoms with E-state index in [0.29, 0.717) is 17.9 Å². The Morgan fingerprint density at radius 1 is 1.38 bits per heavy atom. The average molecular weight is 286 g/mol. The van der Waals surface area contributed by atoms with Crippen molar-refractivity contribution in [3.63, 3.8) is 0 Å². The SMILES string of the molecule is COc1cccc(CCNc2nccc(C)c2C(=O)O)c1. The van der Waals surface area contributed by atoms with Crippen molar-refractivity contribution in [1.82, 2.24) is 4.98 Å². The molecule has 0 aliphatic carbocycles. The molecule has 1 aromatic carbocycles. The largest absolute Gasteiger partial charge is 0.497 e. The molecular weight excluding hydrogens is 268 g/mol. The van der Waals surface area contributed by atoms with Crippen LogP contribution in [-0.2, 0) is 6.42 Å². The van der Waals surface area contributed by atoms with Crippen molar-refractivity contribution >= 4 is 11.8 Å². The molecule has 21 heavy (non-hydrogen) atoms. The van der Waals surface area contributed by atoms with Crippen LogP contribution >= 0.6 is 0 Å². The van der Waals surface area contributed by atoms with Crippen molar-refractivity contribution in [1.29, 1.82) is 0 Å². The number of aryl methyl sites for hydroxylation is 1. The molecule has 0 amide bonds. The van der Waals surface area contributed by atoms with Gasteiger partial charge in [0, 0.05) is 12.7 Å². The third-order valence-electron chi connectivity index (χ3n) is 3.21. The van der Waals surface area contributed by atoms with E-state index in [2.05, 4.69) is 10.3 Å². The number of hydrogen-bond acceptors (Lipinski definition) is 4. The number of carbonyl (C=O) groups is 1. The number of aromatic carboxylic acids is 1. The van der Waals surface area contributed by atoms with Gasteiger partial charge in [0.2, 0.25) is 0 Å². The third kappa shape index (κ3) is 3.72. The lowest BCUT2D eigenvalue weighted by Crippen LogP contribution is -2.12. The van der Waals surface area contributed by atoms with Crippen LogP contribution in [0.1, 0.15) is 21.5 Å². The number of nitrogens with zero attached hydrogens (tertiary/aromatic N) is 1. The van der Waals surface area contributed by atoms with Crippen molar-refractivity contribution in [3.8, 4) is 5.75 Å². The van der Waals surface area contributed by atoms with Gasteiger partial charge in [0.25, 0.3) is 0 Å². The molecule has 5 heteroatoms. The molecule has 0 saturated carbocycles. The summed E-state index contributed by atoms with van der Waals surface area (Å²) in [5, 5.41) is 12.3. The molecule has 2 aromatic rings. The monoisotopic (exact) mass is 286 g/mol. The summed E-state index contributed by atoms with van der Waals surface area (Å²) in [7, 11) is 1.63. The molecule has 0 aliphatic rings. The number of nitrogens with one attached hydrogen (secondary N) is 1. The molecule has 2 N–H and O–H groups in total. The highest BCUT2D eigenvalue weighted by Crippen LogP contribution is 2.17. The second kappa shape index (κ2) is 6.74. The molecule has 0 bridgehead atoms. The van der Waals surface area contributed by atoms with Gasteiger partial charge in [-0.2, -0.15) is 0 Å². The summed E-state index contributed by atoms with van der Waals surface area (Å²) in [6.07, 6.45) is 2.36. The Balaban J connectivity index is 2.03. The highest BCUT2D eigenvalue weighted by molar-refractivity contribution is 5.94. The minimum Gasteiger partial charge on any atom is -0.497 e. The van der Waals surface area contributed by atoms with Crippen molar-refractivity contribution < 1.29 is 14.6 Å². The molecule has 1 aromatic heterocycles. The molecule has 0 unspecified atom stereocenters. The van der Waals surface area contributed by atoms with Gasteiger partial charge < -0.3 is 15.2 Å². The van der Waals surface area contributed by atoms with Crippen LogP contribution in [0.5, 0.6) is 5.75 Å². The van der Waals surface area contributed by atoms with E-state index in [1.54, 1.807) is 26.3 Å². The molecule has 0 radical (unpaired) electrons. The van der Waals surface area contributed by atoms with Crippen molar-refractivity contribution in [3.05, 3.63) is 53.2 Å². The Morgan fingerprint density at radius 2 is 2.19 bits per heavy atom. The number of anilines is 1. The van der Waals surface area contributed by atoms with E-state index in [0.717, 1.165) is 17.7 Å². The van der Waals surface area contributed by atoms with E-state index >= 15 is 0 Å². The first-order valence-electron chi connectivity index (χ1n) is 6.67. The van der Waals surface area contributed by atoms with Crippen LogP contribution < -0.4 is 10.1 Å². The molecule has 5 nitrogen and oxygen atoms in total. The lowest BCUT2D eigenvalue weighted by molar-refractivity contribution is 0.0697. The molecule has 1 heterocycles. The van der Waals surface area contributed by atoms with E-state index in [1.807, 2.05) is 24.3 Å². The summed E-state index contributed by atoms with van der Waals surface area (Å²) < 4.78 is 5.18. The minimum absolute atomic E-state index is 0.225. The number of benzene rings is 1. The zero-order chi connectivity index (χ0) is 15.2. The van der Waals surface area contributed by atoms with E-state index in [9.17, 15) is 9.90 Å². The number of aromatic nitrogens is 1. The van der Waals surface area contributed by atoms with Gasteiger partial charge in [-0.3, -0.25) is 0 Å². The standard InChI is InChI=1S/C16H18N2O3/c1-11-6-8-17-15(14(11)16(19)20)18-9-7-12-4-3-5-13(10-12)21-2/h3-6,8,10H,7,9H2,1-2H3,(H,17,18)(H,19,20). The van der Waals surface area contributed by atoms with E-state index in [1.165, 1.54) is 0 Å². The second-order valence-corrected chi connectivity index (χ2v) is 4.68. The lowest BCUT2D eigenvalue weighted by Gasteiger charge is -2.10. The van der Waals surface area contributed by atoms with Gasteiger partial charge in [-0.1, -0.05) is 12.1 Å². The Hall–Kier alpha value is -2.56. The Labute approximate surface area is 123 Å².